The number of ether oxygens (including phenoxy) is 2. The van der Waals surface area contributed by atoms with Crippen LogP contribution in [0.4, 0.5) is 5.69 Å². The number of nitrogens with two attached hydrogens (primary N) is 1. The van der Waals surface area contributed by atoms with Crippen molar-refractivity contribution in [2.24, 2.45) is 5.73 Å². The predicted molar refractivity (Wildman–Crippen MR) is 103 cm³/mol. The minimum absolute atomic E-state index is 0.0785. The highest BCUT2D eigenvalue weighted by Crippen LogP contribution is 2.38. The third-order valence-electron chi connectivity index (χ3n) is 3.90. The molecular formula is C19H20ClN3O4. The van der Waals surface area contributed by atoms with E-state index in [1.165, 1.54) is 0 Å². The van der Waals surface area contributed by atoms with Crippen LogP contribution >= 0.6 is 11.6 Å². The molecule has 8 heteroatoms. The van der Waals surface area contributed by atoms with Gasteiger partial charge in [-0.2, -0.15) is 0 Å². The number of para-hydroxylation sites is 1. The zero-order chi connectivity index (χ0) is 19.2. The molecule has 2 aromatic rings. The summed E-state index contributed by atoms with van der Waals surface area (Å²) in [6, 6.07) is 10.2. The van der Waals surface area contributed by atoms with Gasteiger partial charge < -0.3 is 25.8 Å². The maximum absolute atomic E-state index is 12.5. The van der Waals surface area contributed by atoms with E-state index in [0.717, 1.165) is 0 Å². The zero-order valence-corrected chi connectivity index (χ0v) is 15.3. The number of rotatable bonds is 6. The van der Waals surface area contributed by atoms with E-state index < -0.39 is 0 Å². The van der Waals surface area contributed by atoms with Crippen LogP contribution in [0.5, 0.6) is 11.5 Å². The summed E-state index contributed by atoms with van der Waals surface area (Å²) in [6.07, 6.45) is 0.0785. The van der Waals surface area contributed by atoms with Gasteiger partial charge in [-0.25, -0.2) is 0 Å². The summed E-state index contributed by atoms with van der Waals surface area (Å²) < 4.78 is 11.0. The second kappa shape index (κ2) is 8.75. The minimum Gasteiger partial charge on any atom is -0.486 e. The first-order chi connectivity index (χ1) is 13.1. The molecule has 27 heavy (non-hydrogen) atoms. The molecule has 7 nitrogen and oxygen atoms in total. The second-order valence-corrected chi connectivity index (χ2v) is 6.32. The Labute approximate surface area is 161 Å². The largest absolute Gasteiger partial charge is 0.486 e. The Balaban J connectivity index is 1.72. The molecule has 0 aromatic heterocycles. The fraction of sp³-hybridized carbons (Fsp3) is 0.263. The van der Waals surface area contributed by atoms with Crippen LogP contribution < -0.4 is 25.8 Å². The molecule has 3 rings (SSSR count). The maximum Gasteiger partial charge on any atom is 0.253 e. The van der Waals surface area contributed by atoms with Crippen LogP contribution in [0, 0.1) is 0 Å². The molecule has 142 valence electrons. The normalized spacial score (nSPS) is 12.4. The van der Waals surface area contributed by atoms with Crippen molar-refractivity contribution in [3.8, 4) is 11.5 Å². The molecule has 0 spiro atoms. The zero-order valence-electron chi connectivity index (χ0n) is 14.6. The molecule has 1 aliphatic rings. The van der Waals surface area contributed by atoms with Crippen molar-refractivity contribution in [3.05, 3.63) is 52.5 Å². The number of halogens is 1. The summed E-state index contributed by atoms with van der Waals surface area (Å²) in [7, 11) is 0. The first kappa shape index (κ1) is 19.0. The average molecular weight is 390 g/mol. The standard InChI is InChI=1S/C19H20ClN3O4/c20-14-9-12(10-16-18(14)27-8-7-26-16)11-17(24)23-15-4-2-1-3-13(15)19(25)22-6-5-21/h1-4,9-10H,5-8,11,21H2,(H,22,25)(H,23,24). The van der Waals surface area contributed by atoms with Crippen molar-refractivity contribution < 1.29 is 19.1 Å². The van der Waals surface area contributed by atoms with Crippen LogP contribution in [-0.4, -0.2) is 38.1 Å². The molecule has 4 N–H and O–H groups in total. The smallest absolute Gasteiger partial charge is 0.253 e. The van der Waals surface area contributed by atoms with Crippen LogP contribution in [0.2, 0.25) is 5.02 Å². The van der Waals surface area contributed by atoms with Crippen molar-refractivity contribution in [2.75, 3.05) is 31.6 Å². The summed E-state index contributed by atoms with van der Waals surface area (Å²) in [5.41, 5.74) is 6.90. The van der Waals surface area contributed by atoms with Crippen molar-refractivity contribution in [1.29, 1.82) is 0 Å². The van der Waals surface area contributed by atoms with E-state index in [9.17, 15) is 9.59 Å². The van der Waals surface area contributed by atoms with Crippen molar-refractivity contribution in [1.82, 2.24) is 5.32 Å². The fourth-order valence-electron chi connectivity index (χ4n) is 2.72. The number of carbonyl (C=O) groups is 2. The van der Waals surface area contributed by atoms with E-state index in [0.29, 0.717) is 59.6 Å². The van der Waals surface area contributed by atoms with E-state index in [-0.39, 0.29) is 18.2 Å². The van der Waals surface area contributed by atoms with E-state index in [1.807, 2.05) is 0 Å². The molecule has 2 aromatic carbocycles. The number of anilines is 1. The van der Waals surface area contributed by atoms with E-state index >= 15 is 0 Å². The third kappa shape index (κ3) is 4.69. The summed E-state index contributed by atoms with van der Waals surface area (Å²) in [5, 5.41) is 5.86. The lowest BCUT2D eigenvalue weighted by atomic mass is 10.1. The van der Waals surface area contributed by atoms with Gasteiger partial charge in [0.25, 0.3) is 5.91 Å². The first-order valence-electron chi connectivity index (χ1n) is 8.53. The van der Waals surface area contributed by atoms with Crippen molar-refractivity contribution >= 4 is 29.1 Å². The number of amides is 2. The van der Waals surface area contributed by atoms with Crippen molar-refractivity contribution in [3.63, 3.8) is 0 Å². The molecule has 2 amide bonds. The molecule has 0 saturated carbocycles. The topological polar surface area (TPSA) is 103 Å². The number of nitrogens with one attached hydrogen (secondary N) is 2. The molecule has 0 radical (unpaired) electrons. The SMILES string of the molecule is NCCNC(=O)c1ccccc1NC(=O)Cc1cc(Cl)c2c(c1)OCCO2. The molecule has 1 aliphatic heterocycles. The predicted octanol–water partition coefficient (Wildman–Crippen LogP) is 1.98. The Bertz CT molecular complexity index is 857. The monoisotopic (exact) mass is 389 g/mol. The van der Waals surface area contributed by atoms with Gasteiger partial charge in [0, 0.05) is 13.1 Å². The summed E-state index contributed by atoms with van der Waals surface area (Å²) in [5.74, 6) is 0.452. The van der Waals surface area contributed by atoms with Crippen LogP contribution in [-0.2, 0) is 11.2 Å². The van der Waals surface area contributed by atoms with Gasteiger partial charge in [0.1, 0.15) is 13.2 Å². The Kier molecular flexibility index (Phi) is 6.16. The Morgan fingerprint density at radius 1 is 1.15 bits per heavy atom. The lowest BCUT2D eigenvalue weighted by molar-refractivity contribution is -0.115. The van der Waals surface area contributed by atoms with E-state index in [1.54, 1.807) is 36.4 Å². The van der Waals surface area contributed by atoms with Crippen LogP contribution in [0.3, 0.4) is 0 Å². The number of carbonyl (C=O) groups excluding carboxylic acids is 2. The molecule has 0 saturated heterocycles. The molecule has 0 atom stereocenters. The minimum atomic E-state index is -0.293. The van der Waals surface area contributed by atoms with Gasteiger partial charge in [-0.05, 0) is 29.8 Å². The highest BCUT2D eigenvalue weighted by molar-refractivity contribution is 6.32. The number of benzene rings is 2. The molecule has 0 aliphatic carbocycles. The molecular weight excluding hydrogens is 370 g/mol. The fourth-order valence-corrected chi connectivity index (χ4v) is 3.00. The lowest BCUT2D eigenvalue weighted by Crippen LogP contribution is -2.30. The second-order valence-electron chi connectivity index (χ2n) is 5.92. The number of hydrogen-bond acceptors (Lipinski definition) is 5. The molecule has 0 unspecified atom stereocenters. The van der Waals surface area contributed by atoms with Crippen LogP contribution in [0.25, 0.3) is 0 Å². The molecule has 1 heterocycles. The molecule has 0 fully saturated rings. The maximum atomic E-state index is 12.5. The Hall–Kier alpha value is -2.77. The Morgan fingerprint density at radius 3 is 2.74 bits per heavy atom. The van der Waals surface area contributed by atoms with E-state index in [2.05, 4.69) is 10.6 Å². The van der Waals surface area contributed by atoms with Gasteiger partial charge in [0.05, 0.1) is 22.7 Å². The van der Waals surface area contributed by atoms with Crippen LogP contribution in [0.1, 0.15) is 15.9 Å². The van der Waals surface area contributed by atoms with Crippen LogP contribution in [0.15, 0.2) is 36.4 Å². The van der Waals surface area contributed by atoms with Gasteiger partial charge in [0.2, 0.25) is 5.91 Å². The third-order valence-corrected chi connectivity index (χ3v) is 4.18. The lowest BCUT2D eigenvalue weighted by Gasteiger charge is -2.20. The average Bonchev–Trinajstić information content (AvgIpc) is 2.66. The highest BCUT2D eigenvalue weighted by Gasteiger charge is 2.18. The summed E-state index contributed by atoms with van der Waals surface area (Å²) in [6.45, 7) is 1.57. The summed E-state index contributed by atoms with van der Waals surface area (Å²) >= 11 is 6.21. The highest BCUT2D eigenvalue weighted by atomic mass is 35.5. The quantitative estimate of drug-likeness (QED) is 0.701. The number of fused-ring (bicyclic) bond motifs is 1. The van der Waals surface area contributed by atoms with Crippen molar-refractivity contribution in [2.45, 2.75) is 6.42 Å². The molecule has 0 bridgehead atoms. The first-order valence-corrected chi connectivity index (χ1v) is 8.91. The van der Waals surface area contributed by atoms with Gasteiger partial charge in [-0.1, -0.05) is 23.7 Å². The Morgan fingerprint density at radius 2 is 1.93 bits per heavy atom. The van der Waals surface area contributed by atoms with E-state index in [4.69, 9.17) is 26.8 Å². The van der Waals surface area contributed by atoms with Gasteiger partial charge in [-0.15, -0.1) is 0 Å². The van der Waals surface area contributed by atoms with Gasteiger partial charge >= 0.3 is 0 Å². The van der Waals surface area contributed by atoms with Gasteiger partial charge in [-0.3, -0.25) is 9.59 Å². The van der Waals surface area contributed by atoms with Gasteiger partial charge in [0.15, 0.2) is 11.5 Å². The summed E-state index contributed by atoms with van der Waals surface area (Å²) in [4.78, 5) is 24.7. The number of hydrogen-bond donors (Lipinski definition) is 3.